The molecule has 156 valence electrons. The van der Waals surface area contributed by atoms with Gasteiger partial charge in [0.05, 0.1) is 0 Å². The molecular formula is C25H23N3O3. The molecule has 0 saturated carbocycles. The van der Waals surface area contributed by atoms with Crippen LogP contribution in [0.2, 0.25) is 0 Å². The van der Waals surface area contributed by atoms with Gasteiger partial charge in [0, 0.05) is 35.3 Å². The molecule has 6 heteroatoms. The second-order valence-corrected chi connectivity index (χ2v) is 7.19. The SMILES string of the molecule is Cc1ccc(/C=C(/NC(=O)c2ccccc2)C(=O)NCCc2c[nH]c3ccccc23)o1. The van der Waals surface area contributed by atoms with Crippen molar-refractivity contribution < 1.29 is 14.0 Å². The Labute approximate surface area is 180 Å². The van der Waals surface area contributed by atoms with E-state index in [4.69, 9.17) is 4.42 Å². The Morgan fingerprint density at radius 3 is 2.55 bits per heavy atom. The van der Waals surface area contributed by atoms with Gasteiger partial charge in [-0.1, -0.05) is 36.4 Å². The summed E-state index contributed by atoms with van der Waals surface area (Å²) in [5.74, 6) is 0.479. The van der Waals surface area contributed by atoms with Crippen molar-refractivity contribution >= 4 is 28.8 Å². The van der Waals surface area contributed by atoms with Crippen LogP contribution >= 0.6 is 0 Å². The minimum atomic E-state index is -0.377. The number of nitrogens with one attached hydrogen (secondary N) is 3. The number of carbonyl (C=O) groups excluding carboxylic acids is 2. The van der Waals surface area contributed by atoms with E-state index in [2.05, 4.69) is 15.6 Å². The number of hydrogen-bond donors (Lipinski definition) is 3. The van der Waals surface area contributed by atoms with Crippen LogP contribution in [0.1, 0.15) is 27.4 Å². The highest BCUT2D eigenvalue weighted by Crippen LogP contribution is 2.18. The lowest BCUT2D eigenvalue weighted by molar-refractivity contribution is -0.117. The number of aryl methyl sites for hydroxylation is 1. The van der Waals surface area contributed by atoms with Crippen molar-refractivity contribution in [2.45, 2.75) is 13.3 Å². The smallest absolute Gasteiger partial charge is 0.267 e. The van der Waals surface area contributed by atoms with E-state index in [1.165, 1.54) is 6.08 Å². The number of aromatic nitrogens is 1. The number of para-hydroxylation sites is 1. The van der Waals surface area contributed by atoms with Crippen LogP contribution in [0.5, 0.6) is 0 Å². The highest BCUT2D eigenvalue weighted by molar-refractivity contribution is 6.05. The molecule has 0 aliphatic carbocycles. The molecule has 4 aromatic rings. The molecule has 6 nitrogen and oxygen atoms in total. The number of carbonyl (C=O) groups is 2. The fraction of sp³-hybridized carbons (Fsp3) is 0.120. The highest BCUT2D eigenvalue weighted by Gasteiger charge is 2.15. The third-order valence-electron chi connectivity index (χ3n) is 4.93. The minimum Gasteiger partial charge on any atom is -0.462 e. The number of amides is 2. The first kappa shape index (κ1) is 20.2. The van der Waals surface area contributed by atoms with Gasteiger partial charge < -0.3 is 20.0 Å². The number of rotatable bonds is 7. The molecule has 2 aromatic carbocycles. The van der Waals surface area contributed by atoms with Crippen molar-refractivity contribution in [3.63, 3.8) is 0 Å². The Bertz CT molecular complexity index is 1240. The molecule has 2 amide bonds. The number of benzene rings is 2. The van der Waals surface area contributed by atoms with Crippen LogP contribution in [0, 0.1) is 6.92 Å². The summed E-state index contributed by atoms with van der Waals surface area (Å²) in [6, 6.07) is 20.4. The summed E-state index contributed by atoms with van der Waals surface area (Å²) >= 11 is 0. The van der Waals surface area contributed by atoms with Crippen molar-refractivity contribution in [2.75, 3.05) is 6.54 Å². The summed E-state index contributed by atoms with van der Waals surface area (Å²) in [5.41, 5.74) is 2.78. The molecular weight excluding hydrogens is 390 g/mol. The molecule has 0 fully saturated rings. The van der Waals surface area contributed by atoms with Crippen LogP contribution in [0.25, 0.3) is 17.0 Å². The summed E-state index contributed by atoms with van der Waals surface area (Å²) in [5, 5.41) is 6.74. The zero-order valence-corrected chi connectivity index (χ0v) is 17.1. The fourth-order valence-corrected chi connectivity index (χ4v) is 3.36. The maximum Gasteiger partial charge on any atom is 0.267 e. The van der Waals surface area contributed by atoms with E-state index < -0.39 is 0 Å². The number of fused-ring (bicyclic) bond motifs is 1. The molecule has 0 bridgehead atoms. The second-order valence-electron chi connectivity index (χ2n) is 7.19. The van der Waals surface area contributed by atoms with Crippen LogP contribution in [-0.4, -0.2) is 23.3 Å². The van der Waals surface area contributed by atoms with E-state index in [0.29, 0.717) is 24.3 Å². The van der Waals surface area contributed by atoms with E-state index >= 15 is 0 Å². The van der Waals surface area contributed by atoms with Crippen molar-refractivity contribution in [2.24, 2.45) is 0 Å². The van der Waals surface area contributed by atoms with E-state index in [-0.39, 0.29) is 17.5 Å². The van der Waals surface area contributed by atoms with E-state index in [1.54, 1.807) is 36.4 Å². The average molecular weight is 413 g/mol. The highest BCUT2D eigenvalue weighted by atomic mass is 16.3. The molecule has 0 spiro atoms. The molecule has 0 aliphatic heterocycles. The van der Waals surface area contributed by atoms with Gasteiger partial charge in [0.15, 0.2) is 0 Å². The third-order valence-corrected chi connectivity index (χ3v) is 4.93. The monoisotopic (exact) mass is 413 g/mol. The fourth-order valence-electron chi connectivity index (χ4n) is 3.36. The number of aromatic amines is 1. The first-order chi connectivity index (χ1) is 15.1. The average Bonchev–Trinajstić information content (AvgIpc) is 3.39. The van der Waals surface area contributed by atoms with Crippen LogP contribution in [0.15, 0.2) is 83.0 Å². The summed E-state index contributed by atoms with van der Waals surface area (Å²) in [7, 11) is 0. The van der Waals surface area contributed by atoms with Crippen LogP contribution in [-0.2, 0) is 11.2 Å². The maximum absolute atomic E-state index is 12.9. The van der Waals surface area contributed by atoms with Gasteiger partial charge in [0.2, 0.25) is 0 Å². The van der Waals surface area contributed by atoms with Gasteiger partial charge in [-0.3, -0.25) is 9.59 Å². The molecule has 2 heterocycles. The molecule has 2 aromatic heterocycles. The molecule has 0 atom stereocenters. The van der Waals surface area contributed by atoms with Crippen molar-refractivity contribution in [3.05, 3.63) is 101 Å². The predicted octanol–water partition coefficient (Wildman–Crippen LogP) is 4.20. The Morgan fingerprint density at radius 2 is 1.77 bits per heavy atom. The lowest BCUT2D eigenvalue weighted by atomic mass is 10.1. The van der Waals surface area contributed by atoms with Gasteiger partial charge >= 0.3 is 0 Å². The van der Waals surface area contributed by atoms with Crippen molar-refractivity contribution in [1.82, 2.24) is 15.6 Å². The quantitative estimate of drug-likeness (QED) is 0.397. The summed E-state index contributed by atoms with van der Waals surface area (Å²) in [4.78, 5) is 28.7. The van der Waals surface area contributed by atoms with Gasteiger partial charge in [-0.05, 0) is 49.2 Å². The van der Waals surface area contributed by atoms with Gasteiger partial charge in [-0.15, -0.1) is 0 Å². The lowest BCUT2D eigenvalue weighted by Gasteiger charge is -2.11. The van der Waals surface area contributed by atoms with Crippen molar-refractivity contribution in [3.8, 4) is 0 Å². The van der Waals surface area contributed by atoms with Gasteiger partial charge in [0.1, 0.15) is 17.2 Å². The molecule has 3 N–H and O–H groups in total. The molecule has 0 aliphatic rings. The topological polar surface area (TPSA) is 87.1 Å². The molecule has 31 heavy (non-hydrogen) atoms. The number of hydrogen-bond acceptors (Lipinski definition) is 3. The zero-order chi connectivity index (χ0) is 21.6. The van der Waals surface area contributed by atoms with Crippen LogP contribution < -0.4 is 10.6 Å². The first-order valence-corrected chi connectivity index (χ1v) is 10.1. The van der Waals surface area contributed by atoms with Gasteiger partial charge in [-0.25, -0.2) is 0 Å². The Kier molecular flexibility index (Phi) is 5.98. The Hall–Kier alpha value is -4.06. The van der Waals surface area contributed by atoms with E-state index in [1.807, 2.05) is 43.5 Å². The standard InChI is InChI=1S/C25H23N3O3/c1-17-11-12-20(31-17)15-23(28-24(29)18-7-3-2-4-8-18)25(30)26-14-13-19-16-27-22-10-6-5-9-21(19)22/h2-12,15-16,27H,13-14H2,1H3,(H,26,30)(H,28,29)/b23-15+. The lowest BCUT2D eigenvalue weighted by Crippen LogP contribution is -2.35. The van der Waals surface area contributed by atoms with E-state index in [9.17, 15) is 9.59 Å². The summed E-state index contributed by atoms with van der Waals surface area (Å²) in [6.45, 7) is 2.25. The van der Waals surface area contributed by atoms with Crippen molar-refractivity contribution in [1.29, 1.82) is 0 Å². The zero-order valence-electron chi connectivity index (χ0n) is 17.1. The minimum absolute atomic E-state index is 0.127. The van der Waals surface area contributed by atoms with Gasteiger partial charge in [-0.2, -0.15) is 0 Å². The molecule has 0 saturated heterocycles. The normalized spacial score (nSPS) is 11.5. The van der Waals surface area contributed by atoms with Crippen LogP contribution in [0.3, 0.4) is 0 Å². The second kappa shape index (κ2) is 9.17. The van der Waals surface area contributed by atoms with E-state index in [0.717, 1.165) is 22.2 Å². The Morgan fingerprint density at radius 1 is 1.00 bits per heavy atom. The summed E-state index contributed by atoms with van der Waals surface area (Å²) < 4.78 is 5.55. The maximum atomic E-state index is 12.9. The van der Waals surface area contributed by atoms with Gasteiger partial charge in [0.25, 0.3) is 11.8 Å². The molecule has 4 rings (SSSR count). The Balaban J connectivity index is 1.47. The number of H-pyrrole nitrogens is 1. The summed E-state index contributed by atoms with van der Waals surface area (Å²) in [6.07, 6.45) is 4.15. The van der Waals surface area contributed by atoms with Crippen LogP contribution in [0.4, 0.5) is 0 Å². The largest absolute Gasteiger partial charge is 0.462 e. The third kappa shape index (κ3) is 4.93. The predicted molar refractivity (Wildman–Crippen MR) is 120 cm³/mol. The molecule has 0 unspecified atom stereocenters. The first-order valence-electron chi connectivity index (χ1n) is 10.1. The molecule has 0 radical (unpaired) electrons. The number of furan rings is 1.